The van der Waals surface area contributed by atoms with E-state index in [4.69, 9.17) is 9.40 Å². The number of rotatable bonds is 2. The predicted octanol–water partition coefficient (Wildman–Crippen LogP) is 6.30. The number of anilines is 4. The first kappa shape index (κ1) is 17.0. The lowest BCUT2D eigenvalue weighted by molar-refractivity contribution is 0.653. The number of benzene rings is 2. The van der Waals surface area contributed by atoms with Crippen LogP contribution in [0.25, 0.3) is 22.1 Å². The van der Waals surface area contributed by atoms with Gasteiger partial charge in [0.1, 0.15) is 0 Å². The summed E-state index contributed by atoms with van der Waals surface area (Å²) in [5, 5.41) is 2.03. The summed E-state index contributed by atoms with van der Waals surface area (Å²) in [6.45, 7) is 6.52. The molecular formula is C25H18N4O. The molecule has 0 N–H and O–H groups in total. The fraction of sp³-hybridized carbons (Fsp3) is 0.0400. The van der Waals surface area contributed by atoms with Crippen LogP contribution >= 0.6 is 0 Å². The van der Waals surface area contributed by atoms with E-state index in [1.54, 1.807) is 6.20 Å². The van der Waals surface area contributed by atoms with E-state index in [0.29, 0.717) is 5.71 Å². The zero-order valence-electron chi connectivity index (χ0n) is 16.4. The average Bonchev–Trinajstić information content (AvgIpc) is 3.29. The van der Waals surface area contributed by atoms with Crippen molar-refractivity contribution in [2.75, 3.05) is 9.80 Å². The second kappa shape index (κ2) is 6.32. The van der Waals surface area contributed by atoms with Crippen LogP contribution in [0.4, 0.5) is 22.9 Å². The van der Waals surface area contributed by atoms with Crippen LogP contribution in [-0.2, 0) is 0 Å². The maximum atomic E-state index is 6.24. The molecule has 144 valence electrons. The van der Waals surface area contributed by atoms with Crippen LogP contribution in [0, 0.1) is 20.0 Å². The van der Waals surface area contributed by atoms with Crippen molar-refractivity contribution in [2.24, 2.45) is 0 Å². The third kappa shape index (κ3) is 2.29. The molecule has 0 fully saturated rings. The van der Waals surface area contributed by atoms with Gasteiger partial charge in [-0.15, -0.1) is 0 Å². The summed E-state index contributed by atoms with van der Waals surface area (Å²) in [6, 6.07) is 22.4. The number of fused-ring (bicyclic) bond motifs is 4. The molecule has 5 nitrogen and oxygen atoms in total. The van der Waals surface area contributed by atoms with Gasteiger partial charge in [-0.05, 0) is 55.8 Å². The number of hydrogen-bond donors (Lipinski definition) is 0. The molecule has 30 heavy (non-hydrogen) atoms. The highest BCUT2D eigenvalue weighted by Crippen LogP contribution is 2.52. The highest BCUT2D eigenvalue weighted by atomic mass is 16.3. The van der Waals surface area contributed by atoms with Crippen LogP contribution in [-0.4, -0.2) is 9.97 Å². The Morgan fingerprint density at radius 1 is 0.800 bits per heavy atom. The number of hydrogen-bond acceptors (Lipinski definition) is 5. The normalized spacial score (nSPS) is 14.1. The van der Waals surface area contributed by atoms with Gasteiger partial charge in [0, 0.05) is 28.9 Å². The summed E-state index contributed by atoms with van der Waals surface area (Å²) in [6.07, 6.45) is 4.36. The number of furan rings is 1. The molecular weight excluding hydrogens is 372 g/mol. The van der Waals surface area contributed by atoms with E-state index in [9.17, 15) is 0 Å². The molecule has 0 saturated heterocycles. The molecule has 6 rings (SSSR count). The molecule has 1 aliphatic rings. The van der Waals surface area contributed by atoms with E-state index in [2.05, 4.69) is 59.0 Å². The molecule has 0 unspecified atom stereocenters. The van der Waals surface area contributed by atoms with Gasteiger partial charge in [0.2, 0.25) is 5.71 Å². The lowest BCUT2D eigenvalue weighted by atomic mass is 10.1. The zero-order chi connectivity index (χ0) is 20.2. The van der Waals surface area contributed by atoms with E-state index in [-0.39, 0.29) is 0 Å². The predicted molar refractivity (Wildman–Crippen MR) is 120 cm³/mol. The molecule has 1 aliphatic heterocycles. The first-order valence-electron chi connectivity index (χ1n) is 9.80. The first-order valence-corrected chi connectivity index (χ1v) is 9.80. The minimum atomic E-state index is 0.630. The Morgan fingerprint density at radius 2 is 1.60 bits per heavy atom. The topological polar surface area (TPSA) is 45.4 Å². The summed E-state index contributed by atoms with van der Waals surface area (Å²) in [7, 11) is 0. The van der Waals surface area contributed by atoms with Crippen LogP contribution in [0.15, 0.2) is 83.5 Å². The Balaban J connectivity index is 1.63. The molecule has 4 heterocycles. The van der Waals surface area contributed by atoms with Crippen molar-refractivity contribution in [3.63, 3.8) is 0 Å². The van der Waals surface area contributed by atoms with Gasteiger partial charge in [0.05, 0.1) is 11.4 Å². The fourth-order valence-corrected chi connectivity index (χ4v) is 4.23. The molecule has 2 aromatic carbocycles. The number of pyridine rings is 2. The quantitative estimate of drug-likeness (QED) is 0.354. The third-order valence-corrected chi connectivity index (χ3v) is 5.57. The van der Waals surface area contributed by atoms with Crippen molar-refractivity contribution in [1.82, 2.24) is 9.97 Å². The SMILES string of the molecule is [CH2][C]1N(c2ccccc2)c2cccnc2N1c1c(C)ccc2c1oc1ncccc12. The molecule has 0 saturated carbocycles. The van der Waals surface area contributed by atoms with Gasteiger partial charge in [0.25, 0.3) is 0 Å². The summed E-state index contributed by atoms with van der Waals surface area (Å²) < 4.78 is 6.24. The summed E-state index contributed by atoms with van der Waals surface area (Å²) in [5.41, 5.74) is 5.46. The van der Waals surface area contributed by atoms with Crippen LogP contribution in [0.1, 0.15) is 5.56 Å². The van der Waals surface area contributed by atoms with Gasteiger partial charge in [-0.25, -0.2) is 9.97 Å². The van der Waals surface area contributed by atoms with E-state index in [1.165, 1.54) is 0 Å². The van der Waals surface area contributed by atoms with Crippen LogP contribution < -0.4 is 9.80 Å². The monoisotopic (exact) mass is 390 g/mol. The van der Waals surface area contributed by atoms with Crippen molar-refractivity contribution < 1.29 is 4.42 Å². The maximum Gasteiger partial charge on any atom is 0.227 e. The van der Waals surface area contributed by atoms with E-state index in [0.717, 1.165) is 51.0 Å². The fourth-order valence-electron chi connectivity index (χ4n) is 4.23. The first-order chi connectivity index (χ1) is 14.7. The van der Waals surface area contributed by atoms with Crippen LogP contribution in [0.5, 0.6) is 0 Å². The Bertz CT molecular complexity index is 1390. The lowest BCUT2D eigenvalue weighted by Crippen LogP contribution is -2.28. The minimum absolute atomic E-state index is 0.630. The summed E-state index contributed by atoms with van der Waals surface area (Å²) in [5.74, 6) is 0.829. The Kier molecular flexibility index (Phi) is 3.59. The molecule has 0 aliphatic carbocycles. The minimum Gasteiger partial charge on any atom is -0.435 e. The highest BCUT2D eigenvalue weighted by molar-refractivity contribution is 6.10. The lowest BCUT2D eigenvalue weighted by Gasteiger charge is -2.29. The zero-order valence-corrected chi connectivity index (χ0v) is 16.4. The molecule has 0 atom stereocenters. The Labute approximate surface area is 174 Å². The second-order valence-electron chi connectivity index (χ2n) is 7.33. The molecule has 5 aromatic rings. The molecule has 0 spiro atoms. The number of aryl methyl sites for hydroxylation is 1. The third-order valence-electron chi connectivity index (χ3n) is 5.57. The summed E-state index contributed by atoms with van der Waals surface area (Å²) >= 11 is 0. The van der Waals surface area contributed by atoms with Gasteiger partial charge in [0.15, 0.2) is 17.6 Å². The van der Waals surface area contributed by atoms with Crippen molar-refractivity contribution in [2.45, 2.75) is 6.92 Å². The van der Waals surface area contributed by atoms with Gasteiger partial charge in [-0.3, -0.25) is 4.90 Å². The van der Waals surface area contributed by atoms with Crippen LogP contribution in [0.2, 0.25) is 0 Å². The van der Waals surface area contributed by atoms with Gasteiger partial charge >= 0.3 is 0 Å². The number of nitrogens with zero attached hydrogens (tertiary/aromatic N) is 4. The smallest absolute Gasteiger partial charge is 0.227 e. The molecule has 2 radical (unpaired) electrons. The number of para-hydroxylation sites is 1. The van der Waals surface area contributed by atoms with Gasteiger partial charge in [-0.1, -0.05) is 30.3 Å². The van der Waals surface area contributed by atoms with Gasteiger partial charge in [-0.2, -0.15) is 0 Å². The van der Waals surface area contributed by atoms with E-state index in [1.807, 2.05) is 42.6 Å². The van der Waals surface area contributed by atoms with Crippen molar-refractivity contribution in [3.05, 3.63) is 97.8 Å². The van der Waals surface area contributed by atoms with E-state index < -0.39 is 0 Å². The standard InChI is InChI=1S/C25H18N4O/c1-16-12-13-19-20-10-6-15-27-25(20)30-23(19)22(16)29-17(2)28(18-8-4-3-5-9-18)21-11-7-14-26-24(21)29/h3-15H,2H2,1H3. The van der Waals surface area contributed by atoms with Crippen molar-refractivity contribution in [3.8, 4) is 0 Å². The second-order valence-corrected chi connectivity index (χ2v) is 7.33. The van der Waals surface area contributed by atoms with E-state index >= 15 is 0 Å². The molecule has 0 amide bonds. The van der Waals surface area contributed by atoms with Crippen LogP contribution in [0.3, 0.4) is 0 Å². The Morgan fingerprint density at radius 3 is 2.47 bits per heavy atom. The average molecular weight is 390 g/mol. The van der Waals surface area contributed by atoms with Crippen molar-refractivity contribution in [1.29, 1.82) is 0 Å². The Hall–Kier alpha value is -3.86. The summed E-state index contributed by atoms with van der Waals surface area (Å²) in [4.78, 5) is 13.3. The number of aromatic nitrogens is 2. The maximum absolute atomic E-state index is 6.24. The molecule has 5 heteroatoms. The van der Waals surface area contributed by atoms with Gasteiger partial charge < -0.3 is 9.32 Å². The molecule has 3 aromatic heterocycles. The molecule has 0 bridgehead atoms. The largest absolute Gasteiger partial charge is 0.435 e. The van der Waals surface area contributed by atoms with Crippen molar-refractivity contribution >= 4 is 44.9 Å². The highest BCUT2D eigenvalue weighted by Gasteiger charge is 2.39.